The van der Waals surface area contributed by atoms with Crippen LogP contribution >= 0.6 is 0 Å². The van der Waals surface area contributed by atoms with Crippen LogP contribution in [0, 0.1) is 29.2 Å². The second-order valence-electron chi connectivity index (χ2n) is 9.74. The summed E-state index contributed by atoms with van der Waals surface area (Å²) in [4.78, 5) is 13.6. The minimum Gasteiger partial charge on any atom is -0.293 e. The minimum atomic E-state index is -1.21. The highest BCUT2D eigenvalue weighted by molar-refractivity contribution is 6.02. The van der Waals surface area contributed by atoms with E-state index in [1.807, 2.05) is 24.3 Å². The fraction of sp³-hybridized carbons (Fsp3) is 0.219. The van der Waals surface area contributed by atoms with Gasteiger partial charge in [-0.3, -0.25) is 4.79 Å². The number of benzene rings is 3. The van der Waals surface area contributed by atoms with E-state index in [4.69, 9.17) is 0 Å². The van der Waals surface area contributed by atoms with Crippen LogP contribution in [0.3, 0.4) is 0 Å². The normalized spacial score (nSPS) is 19.0. The van der Waals surface area contributed by atoms with E-state index in [0.717, 1.165) is 41.5 Å². The van der Waals surface area contributed by atoms with Gasteiger partial charge in [-0.05, 0) is 67.0 Å². The number of rotatable bonds is 7. The maximum absolute atomic E-state index is 14.6. The molecule has 3 aromatic rings. The van der Waals surface area contributed by atoms with Crippen LogP contribution in [0.5, 0.6) is 0 Å². The number of hydrogen-bond donors (Lipinski definition) is 0. The Bertz CT molecular complexity index is 1420. The van der Waals surface area contributed by atoms with E-state index in [-0.39, 0.29) is 11.7 Å². The number of hydrogen-bond acceptors (Lipinski definition) is 1. The van der Waals surface area contributed by atoms with Crippen LogP contribution < -0.4 is 0 Å². The Labute approximate surface area is 213 Å². The number of carbonyl (C=O) groups excluding carboxylic acids is 1. The van der Waals surface area contributed by atoms with Gasteiger partial charge in [-0.25, -0.2) is 17.6 Å². The first-order valence-corrected chi connectivity index (χ1v) is 12.4. The third-order valence-corrected chi connectivity index (χ3v) is 7.47. The zero-order valence-corrected chi connectivity index (χ0v) is 20.4. The SMILES string of the molecule is CC1=C(CCc2ccccc2C2CC(c3ccc(F)cc3)=CC2C(=O)c2c(F)cc(F)cc2F)CC=C1. The Balaban J connectivity index is 1.53. The van der Waals surface area contributed by atoms with Gasteiger partial charge in [-0.2, -0.15) is 0 Å². The summed E-state index contributed by atoms with van der Waals surface area (Å²) in [6.07, 6.45) is 9.02. The molecule has 0 saturated carbocycles. The lowest BCUT2D eigenvalue weighted by molar-refractivity contribution is 0.0926. The maximum atomic E-state index is 14.6. The van der Waals surface area contributed by atoms with Gasteiger partial charge >= 0.3 is 0 Å². The van der Waals surface area contributed by atoms with Crippen LogP contribution in [0.4, 0.5) is 17.6 Å². The molecule has 5 heteroatoms. The van der Waals surface area contributed by atoms with Crippen LogP contribution in [0.15, 0.2) is 90.0 Å². The Morgan fingerprint density at radius 2 is 1.59 bits per heavy atom. The van der Waals surface area contributed by atoms with E-state index in [0.29, 0.717) is 18.6 Å². The van der Waals surface area contributed by atoms with Crippen molar-refractivity contribution in [2.24, 2.45) is 5.92 Å². The second-order valence-corrected chi connectivity index (χ2v) is 9.74. The first-order valence-electron chi connectivity index (χ1n) is 12.4. The first kappa shape index (κ1) is 24.9. The van der Waals surface area contributed by atoms with E-state index in [2.05, 4.69) is 19.1 Å². The number of ketones is 1. The monoisotopic (exact) mass is 502 g/mol. The fourth-order valence-electron chi connectivity index (χ4n) is 5.51. The molecule has 37 heavy (non-hydrogen) atoms. The molecule has 1 nitrogen and oxygen atoms in total. The number of allylic oxidation sites excluding steroid dienone is 6. The Morgan fingerprint density at radius 3 is 2.27 bits per heavy atom. The maximum Gasteiger partial charge on any atom is 0.176 e. The topological polar surface area (TPSA) is 17.1 Å². The standard InChI is InChI=1S/C32H26F4O/c1-19-5-4-7-20(19)9-10-22-6-2-3-8-26(22)27-15-23(21-11-13-24(33)14-12-21)16-28(27)32(37)31-29(35)17-25(34)18-30(31)36/h2-6,8,11-14,16-18,27-28H,7,9-10,15H2,1H3. The molecule has 0 fully saturated rings. The number of Topliss-reactive ketones (excluding diaryl/α,β-unsaturated/α-hetero) is 1. The summed E-state index contributed by atoms with van der Waals surface area (Å²) in [6, 6.07) is 14.9. The van der Waals surface area contributed by atoms with E-state index in [9.17, 15) is 22.4 Å². The molecule has 0 aliphatic heterocycles. The van der Waals surface area contributed by atoms with Crippen molar-refractivity contribution in [1.82, 2.24) is 0 Å². The van der Waals surface area contributed by atoms with Crippen molar-refractivity contribution in [3.8, 4) is 0 Å². The first-order chi connectivity index (χ1) is 17.8. The largest absolute Gasteiger partial charge is 0.293 e. The van der Waals surface area contributed by atoms with Crippen molar-refractivity contribution in [3.05, 3.63) is 136 Å². The molecule has 2 aliphatic carbocycles. The van der Waals surface area contributed by atoms with Gasteiger partial charge in [-0.1, -0.05) is 65.8 Å². The predicted octanol–water partition coefficient (Wildman–Crippen LogP) is 8.52. The van der Waals surface area contributed by atoms with Gasteiger partial charge in [0, 0.05) is 24.0 Å². The van der Waals surface area contributed by atoms with Gasteiger partial charge in [-0.15, -0.1) is 0 Å². The van der Waals surface area contributed by atoms with Gasteiger partial charge < -0.3 is 0 Å². The predicted molar refractivity (Wildman–Crippen MR) is 137 cm³/mol. The lowest BCUT2D eigenvalue weighted by atomic mass is 9.80. The van der Waals surface area contributed by atoms with E-state index >= 15 is 0 Å². The van der Waals surface area contributed by atoms with Crippen molar-refractivity contribution in [2.45, 2.75) is 38.5 Å². The molecule has 3 aromatic carbocycles. The van der Waals surface area contributed by atoms with Crippen LogP contribution in [0.25, 0.3) is 5.57 Å². The van der Waals surface area contributed by atoms with E-state index in [1.165, 1.54) is 23.3 Å². The van der Waals surface area contributed by atoms with Crippen LogP contribution in [0.2, 0.25) is 0 Å². The van der Waals surface area contributed by atoms with Crippen molar-refractivity contribution in [3.63, 3.8) is 0 Å². The van der Waals surface area contributed by atoms with E-state index < -0.39 is 34.7 Å². The Morgan fingerprint density at radius 1 is 0.892 bits per heavy atom. The molecular formula is C32H26F4O. The summed E-state index contributed by atoms with van der Waals surface area (Å²) < 4.78 is 56.4. The number of carbonyl (C=O) groups is 1. The number of aryl methyl sites for hydroxylation is 1. The molecule has 188 valence electrons. The van der Waals surface area contributed by atoms with Crippen molar-refractivity contribution in [2.75, 3.05) is 0 Å². The van der Waals surface area contributed by atoms with Crippen molar-refractivity contribution in [1.29, 1.82) is 0 Å². The lowest BCUT2D eigenvalue weighted by Crippen LogP contribution is -2.21. The molecule has 0 heterocycles. The second kappa shape index (κ2) is 10.3. The highest BCUT2D eigenvalue weighted by Crippen LogP contribution is 2.46. The third-order valence-electron chi connectivity index (χ3n) is 7.47. The number of halogens is 4. The van der Waals surface area contributed by atoms with Gasteiger partial charge in [0.1, 0.15) is 23.3 Å². The Kier molecular flexibility index (Phi) is 6.96. The summed E-state index contributed by atoms with van der Waals surface area (Å²) in [7, 11) is 0. The summed E-state index contributed by atoms with van der Waals surface area (Å²) >= 11 is 0. The van der Waals surface area contributed by atoms with Crippen LogP contribution in [-0.2, 0) is 6.42 Å². The van der Waals surface area contributed by atoms with Gasteiger partial charge in [0.2, 0.25) is 0 Å². The van der Waals surface area contributed by atoms with Gasteiger partial charge in [0.15, 0.2) is 5.78 Å². The molecule has 0 amide bonds. The molecule has 0 spiro atoms. The fourth-order valence-corrected chi connectivity index (χ4v) is 5.51. The van der Waals surface area contributed by atoms with Gasteiger partial charge in [0.25, 0.3) is 0 Å². The average Bonchev–Trinajstić information content (AvgIpc) is 3.49. The molecule has 0 N–H and O–H groups in total. The molecule has 2 unspecified atom stereocenters. The summed E-state index contributed by atoms with van der Waals surface area (Å²) in [6.45, 7) is 2.10. The summed E-state index contributed by atoms with van der Waals surface area (Å²) in [5.74, 6) is -5.84. The highest BCUT2D eigenvalue weighted by Gasteiger charge is 2.38. The quantitative estimate of drug-likeness (QED) is 0.234. The molecule has 0 radical (unpaired) electrons. The molecule has 5 rings (SSSR count). The van der Waals surface area contributed by atoms with E-state index in [1.54, 1.807) is 18.2 Å². The zero-order valence-electron chi connectivity index (χ0n) is 20.4. The smallest absolute Gasteiger partial charge is 0.176 e. The zero-order chi connectivity index (χ0) is 26.1. The molecule has 0 bridgehead atoms. The lowest BCUT2D eigenvalue weighted by Gasteiger charge is -2.23. The Hall–Kier alpha value is -3.73. The van der Waals surface area contributed by atoms with Crippen molar-refractivity contribution >= 4 is 11.4 Å². The molecule has 0 aromatic heterocycles. The molecule has 2 aliphatic rings. The average molecular weight is 503 g/mol. The van der Waals surface area contributed by atoms with Crippen LogP contribution in [0.1, 0.15) is 59.2 Å². The van der Waals surface area contributed by atoms with Crippen LogP contribution in [-0.4, -0.2) is 5.78 Å². The molecular weight excluding hydrogens is 476 g/mol. The van der Waals surface area contributed by atoms with Gasteiger partial charge in [0.05, 0.1) is 5.56 Å². The third kappa shape index (κ3) is 5.08. The van der Waals surface area contributed by atoms with Crippen molar-refractivity contribution < 1.29 is 22.4 Å². The minimum absolute atomic E-state index is 0.371. The molecule has 2 atom stereocenters. The molecule has 0 saturated heterocycles. The highest BCUT2D eigenvalue weighted by atomic mass is 19.1. The summed E-state index contributed by atoms with van der Waals surface area (Å²) in [5, 5.41) is 0. The summed E-state index contributed by atoms with van der Waals surface area (Å²) in [5.41, 5.74) is 5.48.